The number of amides is 2. The van der Waals surface area contributed by atoms with E-state index in [0.29, 0.717) is 17.0 Å². The van der Waals surface area contributed by atoms with Crippen LogP contribution in [0.5, 0.6) is 5.75 Å². The van der Waals surface area contributed by atoms with Gasteiger partial charge in [-0.1, -0.05) is 6.07 Å². The van der Waals surface area contributed by atoms with Crippen LogP contribution in [0.15, 0.2) is 35.7 Å². The smallest absolute Gasteiger partial charge is 0.305 e. The Morgan fingerprint density at radius 2 is 2.21 bits per heavy atom. The van der Waals surface area contributed by atoms with Crippen LogP contribution in [0, 0.1) is 0 Å². The van der Waals surface area contributed by atoms with Gasteiger partial charge in [-0.05, 0) is 29.6 Å². The summed E-state index contributed by atoms with van der Waals surface area (Å²) in [7, 11) is 0. The molecule has 3 N–H and O–H groups in total. The first-order chi connectivity index (χ1) is 11.5. The average molecular weight is 346 g/mol. The van der Waals surface area contributed by atoms with Crippen LogP contribution in [-0.4, -0.2) is 29.5 Å². The summed E-state index contributed by atoms with van der Waals surface area (Å²) >= 11 is 1.38. The number of hydrogen-bond donors (Lipinski definition) is 3. The fourth-order valence-corrected chi connectivity index (χ4v) is 3.12. The Labute approximate surface area is 141 Å². The predicted octanol–water partition coefficient (Wildman–Crippen LogP) is 2.02. The largest absolute Gasteiger partial charge is 0.482 e. The zero-order chi connectivity index (χ0) is 17.1. The molecule has 0 saturated heterocycles. The van der Waals surface area contributed by atoms with E-state index in [1.54, 1.807) is 24.3 Å². The van der Waals surface area contributed by atoms with E-state index < -0.39 is 17.9 Å². The molecule has 0 spiro atoms. The van der Waals surface area contributed by atoms with Crippen LogP contribution in [-0.2, 0) is 9.59 Å². The molecule has 1 unspecified atom stereocenters. The zero-order valence-electron chi connectivity index (χ0n) is 12.4. The van der Waals surface area contributed by atoms with E-state index in [1.807, 2.05) is 5.38 Å². The molecule has 1 aliphatic rings. The molecule has 24 heavy (non-hydrogen) atoms. The molecule has 3 rings (SSSR count). The molecule has 2 amide bonds. The molecule has 8 heteroatoms. The lowest BCUT2D eigenvalue weighted by molar-refractivity contribution is -0.137. The van der Waals surface area contributed by atoms with Gasteiger partial charge in [0.05, 0.1) is 18.2 Å². The highest BCUT2D eigenvalue weighted by Gasteiger charge is 2.22. The lowest BCUT2D eigenvalue weighted by Gasteiger charge is -2.19. The van der Waals surface area contributed by atoms with E-state index in [2.05, 4.69) is 10.6 Å². The van der Waals surface area contributed by atoms with E-state index in [4.69, 9.17) is 9.84 Å². The molecule has 7 nitrogen and oxygen atoms in total. The maximum Gasteiger partial charge on any atom is 0.305 e. The summed E-state index contributed by atoms with van der Waals surface area (Å²) in [6, 6.07) is 7.64. The second kappa shape index (κ2) is 6.71. The third kappa shape index (κ3) is 3.54. The Bertz CT molecular complexity index is 788. The van der Waals surface area contributed by atoms with Crippen molar-refractivity contribution in [2.45, 2.75) is 12.5 Å². The highest BCUT2D eigenvalue weighted by molar-refractivity contribution is 7.10. The molecular weight excluding hydrogens is 332 g/mol. The Morgan fingerprint density at radius 1 is 1.38 bits per heavy atom. The summed E-state index contributed by atoms with van der Waals surface area (Å²) in [4.78, 5) is 35.5. The molecule has 1 atom stereocenters. The Kier molecular flexibility index (Phi) is 4.48. The monoisotopic (exact) mass is 346 g/mol. The first kappa shape index (κ1) is 16.0. The second-order valence-corrected chi connectivity index (χ2v) is 6.17. The van der Waals surface area contributed by atoms with Crippen LogP contribution < -0.4 is 15.4 Å². The van der Waals surface area contributed by atoms with Gasteiger partial charge < -0.3 is 20.5 Å². The fraction of sp³-hybridized carbons (Fsp3) is 0.188. The van der Waals surface area contributed by atoms with Gasteiger partial charge in [-0.3, -0.25) is 14.4 Å². The molecule has 0 bridgehead atoms. The van der Waals surface area contributed by atoms with E-state index >= 15 is 0 Å². The maximum absolute atomic E-state index is 12.4. The average Bonchev–Trinajstić information content (AvgIpc) is 3.07. The normalized spacial score (nSPS) is 14.1. The summed E-state index contributed by atoms with van der Waals surface area (Å²) in [6.45, 7) is -0.102. The predicted molar refractivity (Wildman–Crippen MR) is 87.3 cm³/mol. The van der Waals surface area contributed by atoms with Crippen molar-refractivity contribution in [1.29, 1.82) is 0 Å². The summed E-state index contributed by atoms with van der Waals surface area (Å²) in [5.41, 5.74) is 0.833. The first-order valence-electron chi connectivity index (χ1n) is 7.15. The molecule has 0 fully saturated rings. The number of anilines is 1. The van der Waals surface area contributed by atoms with Crippen molar-refractivity contribution in [2.75, 3.05) is 11.9 Å². The van der Waals surface area contributed by atoms with Crippen LogP contribution in [0.25, 0.3) is 0 Å². The molecule has 0 radical (unpaired) electrons. The number of ether oxygens (including phenoxy) is 1. The van der Waals surface area contributed by atoms with E-state index in [9.17, 15) is 14.4 Å². The maximum atomic E-state index is 12.4. The minimum absolute atomic E-state index is 0.102. The summed E-state index contributed by atoms with van der Waals surface area (Å²) in [5.74, 6) is -1.24. The van der Waals surface area contributed by atoms with Crippen molar-refractivity contribution >= 4 is 34.8 Å². The lowest BCUT2D eigenvalue weighted by Crippen LogP contribution is -2.30. The van der Waals surface area contributed by atoms with E-state index in [1.165, 1.54) is 17.4 Å². The molecule has 2 heterocycles. The highest BCUT2D eigenvalue weighted by Crippen LogP contribution is 2.29. The number of aliphatic carboxylic acids is 1. The summed E-state index contributed by atoms with van der Waals surface area (Å²) in [5, 5.41) is 16.2. The number of hydrogen-bond acceptors (Lipinski definition) is 5. The summed E-state index contributed by atoms with van der Waals surface area (Å²) < 4.78 is 5.28. The summed E-state index contributed by atoms with van der Waals surface area (Å²) in [6.07, 6.45) is -0.205. The molecule has 0 saturated carbocycles. The number of rotatable bonds is 5. The molecule has 2 aromatic rings. The van der Waals surface area contributed by atoms with Crippen LogP contribution in [0.1, 0.15) is 27.7 Å². The van der Waals surface area contributed by atoms with Gasteiger partial charge in [0, 0.05) is 10.4 Å². The van der Waals surface area contributed by atoms with Crippen molar-refractivity contribution in [3.63, 3.8) is 0 Å². The molecule has 1 aromatic heterocycles. The van der Waals surface area contributed by atoms with Crippen LogP contribution in [0.2, 0.25) is 0 Å². The van der Waals surface area contributed by atoms with E-state index in [-0.39, 0.29) is 18.9 Å². The Balaban J connectivity index is 1.78. The van der Waals surface area contributed by atoms with Gasteiger partial charge in [-0.2, -0.15) is 0 Å². The molecular formula is C16H14N2O5S. The molecule has 124 valence electrons. The minimum Gasteiger partial charge on any atom is -0.482 e. The Hall–Kier alpha value is -2.87. The third-order valence-corrected chi connectivity index (χ3v) is 4.43. The quantitative estimate of drug-likeness (QED) is 0.768. The number of thiophene rings is 1. The Morgan fingerprint density at radius 3 is 2.92 bits per heavy atom. The number of carboxylic acid groups (broad SMARTS) is 1. The number of benzene rings is 1. The van der Waals surface area contributed by atoms with Crippen LogP contribution in [0.4, 0.5) is 5.69 Å². The van der Waals surface area contributed by atoms with Gasteiger partial charge >= 0.3 is 5.97 Å². The van der Waals surface area contributed by atoms with Crippen molar-refractivity contribution < 1.29 is 24.2 Å². The minimum atomic E-state index is -0.995. The second-order valence-electron chi connectivity index (χ2n) is 5.19. The van der Waals surface area contributed by atoms with Crippen molar-refractivity contribution in [1.82, 2.24) is 5.32 Å². The molecule has 1 aliphatic heterocycles. The van der Waals surface area contributed by atoms with Crippen molar-refractivity contribution in [2.24, 2.45) is 0 Å². The third-order valence-electron chi connectivity index (χ3n) is 3.45. The van der Waals surface area contributed by atoms with Gasteiger partial charge in [-0.25, -0.2) is 0 Å². The first-order valence-corrected chi connectivity index (χ1v) is 8.03. The van der Waals surface area contributed by atoms with Gasteiger partial charge in [0.15, 0.2) is 6.61 Å². The van der Waals surface area contributed by atoms with Gasteiger partial charge in [0.1, 0.15) is 5.75 Å². The van der Waals surface area contributed by atoms with Crippen molar-refractivity contribution in [3.05, 3.63) is 46.2 Å². The standard InChI is InChI=1S/C16H14N2O5S/c19-14-8-23-12-6-9(3-4-10(12)17-14)16(22)18-11(7-15(20)21)13-2-1-5-24-13/h1-6,11H,7-8H2,(H,17,19)(H,18,22)(H,20,21). The molecule has 1 aromatic carbocycles. The molecule has 0 aliphatic carbocycles. The fourth-order valence-electron chi connectivity index (χ4n) is 2.34. The van der Waals surface area contributed by atoms with Crippen molar-refractivity contribution in [3.8, 4) is 5.75 Å². The van der Waals surface area contributed by atoms with Gasteiger partial charge in [0.2, 0.25) is 0 Å². The number of fused-ring (bicyclic) bond motifs is 1. The number of carboxylic acids is 1. The number of carbonyl (C=O) groups is 3. The highest BCUT2D eigenvalue weighted by atomic mass is 32.1. The van der Waals surface area contributed by atoms with Gasteiger partial charge in [-0.15, -0.1) is 11.3 Å². The van der Waals surface area contributed by atoms with Gasteiger partial charge in [0.25, 0.3) is 11.8 Å². The van der Waals surface area contributed by atoms with E-state index in [0.717, 1.165) is 4.88 Å². The topological polar surface area (TPSA) is 105 Å². The van der Waals surface area contributed by atoms with Crippen LogP contribution in [0.3, 0.4) is 0 Å². The lowest BCUT2D eigenvalue weighted by atomic mass is 10.1. The number of carbonyl (C=O) groups excluding carboxylic acids is 2. The van der Waals surface area contributed by atoms with Crippen LogP contribution >= 0.6 is 11.3 Å². The SMILES string of the molecule is O=C(O)CC(NC(=O)c1ccc2c(c1)OCC(=O)N2)c1cccs1. The number of nitrogens with one attached hydrogen (secondary N) is 2. The zero-order valence-corrected chi connectivity index (χ0v) is 13.3.